The number of benzene rings is 1. The van der Waals surface area contributed by atoms with Crippen LogP contribution in [0, 0.1) is 5.92 Å². The molecule has 0 saturated carbocycles. The quantitative estimate of drug-likeness (QED) is 0.596. The Hall–Kier alpha value is -3.46. The van der Waals surface area contributed by atoms with E-state index in [4.69, 9.17) is 9.47 Å². The first-order valence-corrected chi connectivity index (χ1v) is 12.6. The lowest BCUT2D eigenvalue weighted by Crippen LogP contribution is -2.54. The number of carbonyl (C=O) groups excluding carboxylic acids is 3. The first-order chi connectivity index (χ1) is 17.5. The highest BCUT2D eigenvalue weighted by Gasteiger charge is 2.57. The molecule has 4 amide bonds. The van der Waals surface area contributed by atoms with Gasteiger partial charge in [0, 0.05) is 43.2 Å². The number of rotatable bonds is 7. The third-order valence-corrected chi connectivity index (χ3v) is 7.65. The maximum absolute atomic E-state index is 13.9. The molecule has 1 N–H and O–H groups in total. The van der Waals surface area contributed by atoms with Gasteiger partial charge in [-0.1, -0.05) is 24.3 Å². The first kappa shape index (κ1) is 24.2. The van der Waals surface area contributed by atoms with E-state index in [1.165, 1.54) is 4.90 Å². The normalized spacial score (nSPS) is 24.8. The summed E-state index contributed by atoms with van der Waals surface area (Å²) in [6.45, 7) is 1.93. The predicted molar refractivity (Wildman–Crippen MR) is 131 cm³/mol. The van der Waals surface area contributed by atoms with E-state index in [2.05, 4.69) is 10.3 Å². The number of likely N-dealkylation sites (tertiary alicyclic amines) is 1. The molecule has 190 valence electrons. The van der Waals surface area contributed by atoms with Gasteiger partial charge in [-0.05, 0) is 43.7 Å². The third-order valence-electron chi connectivity index (χ3n) is 7.65. The van der Waals surface area contributed by atoms with Crippen LogP contribution >= 0.6 is 0 Å². The summed E-state index contributed by atoms with van der Waals surface area (Å²) in [5, 5.41) is 3.05. The molecule has 0 unspecified atom stereocenters. The summed E-state index contributed by atoms with van der Waals surface area (Å²) in [4.78, 5) is 47.5. The molecule has 3 fully saturated rings. The van der Waals surface area contributed by atoms with Crippen molar-refractivity contribution in [2.75, 3.05) is 33.4 Å². The van der Waals surface area contributed by atoms with Crippen LogP contribution in [-0.2, 0) is 26.3 Å². The summed E-state index contributed by atoms with van der Waals surface area (Å²) in [5.41, 5.74) is 0.334. The van der Waals surface area contributed by atoms with Gasteiger partial charge in [-0.15, -0.1) is 0 Å². The number of ether oxygens (including phenoxy) is 2. The molecule has 9 heteroatoms. The molecule has 2 aromatic rings. The molecule has 0 aliphatic carbocycles. The van der Waals surface area contributed by atoms with Crippen molar-refractivity contribution in [3.05, 3.63) is 59.9 Å². The van der Waals surface area contributed by atoms with Gasteiger partial charge >= 0.3 is 6.03 Å². The smallest absolute Gasteiger partial charge is 0.325 e. The predicted octanol–water partition coefficient (Wildman–Crippen LogP) is 2.50. The Labute approximate surface area is 210 Å². The van der Waals surface area contributed by atoms with Crippen LogP contribution in [0.4, 0.5) is 4.79 Å². The number of pyridine rings is 1. The fraction of sp³-hybridized carbons (Fsp3) is 0.481. The van der Waals surface area contributed by atoms with Crippen LogP contribution in [0.2, 0.25) is 0 Å². The Balaban J connectivity index is 1.33. The molecule has 4 heterocycles. The van der Waals surface area contributed by atoms with E-state index in [1.54, 1.807) is 25.6 Å². The Bertz CT molecular complexity index is 1110. The molecule has 0 bridgehead atoms. The van der Waals surface area contributed by atoms with Crippen LogP contribution in [0.5, 0.6) is 5.75 Å². The third kappa shape index (κ3) is 4.43. The highest BCUT2D eigenvalue weighted by Crippen LogP contribution is 2.41. The van der Waals surface area contributed by atoms with E-state index < -0.39 is 11.6 Å². The maximum Gasteiger partial charge on any atom is 0.325 e. The molecular formula is C27H32N4O5. The molecular weight excluding hydrogens is 460 g/mol. The summed E-state index contributed by atoms with van der Waals surface area (Å²) in [6, 6.07) is 10.8. The molecule has 0 radical (unpaired) electrons. The van der Waals surface area contributed by atoms with Crippen molar-refractivity contribution in [3.63, 3.8) is 0 Å². The van der Waals surface area contributed by atoms with E-state index >= 15 is 0 Å². The van der Waals surface area contributed by atoms with Gasteiger partial charge < -0.3 is 19.7 Å². The fourth-order valence-corrected chi connectivity index (χ4v) is 5.74. The van der Waals surface area contributed by atoms with Crippen molar-refractivity contribution in [2.24, 2.45) is 5.92 Å². The summed E-state index contributed by atoms with van der Waals surface area (Å²) < 4.78 is 11.1. The van der Waals surface area contributed by atoms with E-state index in [1.807, 2.05) is 35.2 Å². The SMILES string of the molecule is COc1ccccc1CC(=O)N1CCC([C@]2(c3cccnc3)NC(=O)N(C[C@H]3CCCO3)C2=O)CC1. The van der Waals surface area contributed by atoms with Crippen molar-refractivity contribution in [3.8, 4) is 5.75 Å². The first-order valence-electron chi connectivity index (χ1n) is 12.6. The molecule has 5 rings (SSSR count). The number of aromatic nitrogens is 1. The monoisotopic (exact) mass is 492 g/mol. The number of piperidine rings is 1. The number of methoxy groups -OCH3 is 1. The molecule has 2 atom stereocenters. The van der Waals surface area contributed by atoms with Crippen LogP contribution in [0.1, 0.15) is 36.8 Å². The second-order valence-corrected chi connectivity index (χ2v) is 9.67. The summed E-state index contributed by atoms with van der Waals surface area (Å²) >= 11 is 0. The minimum absolute atomic E-state index is 0.0233. The van der Waals surface area contributed by atoms with E-state index in [9.17, 15) is 14.4 Å². The Morgan fingerprint density at radius 2 is 1.97 bits per heavy atom. The van der Waals surface area contributed by atoms with Crippen molar-refractivity contribution >= 4 is 17.8 Å². The molecule has 36 heavy (non-hydrogen) atoms. The fourth-order valence-electron chi connectivity index (χ4n) is 5.74. The average molecular weight is 493 g/mol. The maximum atomic E-state index is 13.9. The molecule has 1 aromatic carbocycles. The van der Waals surface area contributed by atoms with Gasteiger partial charge in [-0.2, -0.15) is 0 Å². The standard InChI is InChI=1S/C27H32N4O5/c1-35-23-9-3-2-6-19(23)16-24(32)30-13-10-20(11-14-30)27(21-7-4-12-28-17-21)25(33)31(26(34)29-27)18-22-8-5-15-36-22/h2-4,6-7,9,12,17,20,22H,5,8,10-11,13-16,18H2,1H3,(H,29,34)/t22-,27-/m1/s1. The molecule has 1 aromatic heterocycles. The lowest BCUT2D eigenvalue weighted by molar-refractivity contribution is -0.137. The van der Waals surface area contributed by atoms with Crippen LogP contribution < -0.4 is 10.1 Å². The Morgan fingerprint density at radius 3 is 2.67 bits per heavy atom. The molecule has 3 aliphatic heterocycles. The van der Waals surface area contributed by atoms with Crippen molar-refractivity contribution in [2.45, 2.75) is 43.7 Å². The molecule has 9 nitrogen and oxygen atoms in total. The number of urea groups is 1. The molecule has 0 spiro atoms. The van der Waals surface area contributed by atoms with Crippen LogP contribution in [0.3, 0.4) is 0 Å². The average Bonchev–Trinajstić information content (AvgIpc) is 3.52. The highest BCUT2D eigenvalue weighted by molar-refractivity contribution is 6.07. The van der Waals surface area contributed by atoms with E-state index in [0.717, 1.165) is 18.4 Å². The van der Waals surface area contributed by atoms with Crippen LogP contribution in [0.15, 0.2) is 48.8 Å². The number of nitrogens with zero attached hydrogens (tertiary/aromatic N) is 3. The zero-order valence-electron chi connectivity index (χ0n) is 20.5. The molecule has 3 saturated heterocycles. The largest absolute Gasteiger partial charge is 0.496 e. The van der Waals surface area contributed by atoms with E-state index in [0.29, 0.717) is 43.9 Å². The molecule has 3 aliphatic rings. The number of nitrogens with one attached hydrogen (secondary N) is 1. The van der Waals surface area contributed by atoms with Gasteiger partial charge in [-0.3, -0.25) is 19.5 Å². The second-order valence-electron chi connectivity index (χ2n) is 9.67. The van der Waals surface area contributed by atoms with Crippen LogP contribution in [0.25, 0.3) is 0 Å². The van der Waals surface area contributed by atoms with Gasteiger partial charge in [0.1, 0.15) is 5.75 Å². The van der Waals surface area contributed by atoms with Gasteiger partial charge in [0.15, 0.2) is 5.54 Å². The Kier molecular flexibility index (Phi) is 6.91. The number of carbonyl (C=O) groups is 3. The number of para-hydroxylation sites is 1. The topological polar surface area (TPSA) is 101 Å². The summed E-state index contributed by atoms with van der Waals surface area (Å²) in [6.07, 6.45) is 6.40. The van der Waals surface area contributed by atoms with Crippen molar-refractivity contribution in [1.82, 2.24) is 20.1 Å². The van der Waals surface area contributed by atoms with E-state index in [-0.39, 0.29) is 36.8 Å². The van der Waals surface area contributed by atoms with Crippen molar-refractivity contribution in [1.29, 1.82) is 0 Å². The minimum Gasteiger partial charge on any atom is -0.496 e. The second kappa shape index (κ2) is 10.3. The summed E-state index contributed by atoms with van der Waals surface area (Å²) in [7, 11) is 1.60. The Morgan fingerprint density at radius 1 is 1.17 bits per heavy atom. The lowest BCUT2D eigenvalue weighted by atomic mass is 9.73. The van der Waals surface area contributed by atoms with Gasteiger partial charge in [0.05, 0.1) is 26.2 Å². The van der Waals surface area contributed by atoms with Gasteiger partial charge in [-0.25, -0.2) is 4.79 Å². The number of hydrogen-bond acceptors (Lipinski definition) is 6. The number of amides is 4. The number of hydrogen-bond donors (Lipinski definition) is 1. The highest BCUT2D eigenvalue weighted by atomic mass is 16.5. The van der Waals surface area contributed by atoms with Crippen molar-refractivity contribution < 1.29 is 23.9 Å². The summed E-state index contributed by atoms with van der Waals surface area (Å²) in [5.74, 6) is 0.301. The van der Waals surface area contributed by atoms with Gasteiger partial charge in [0.25, 0.3) is 5.91 Å². The van der Waals surface area contributed by atoms with Crippen LogP contribution in [-0.4, -0.2) is 72.1 Å². The van der Waals surface area contributed by atoms with Gasteiger partial charge in [0.2, 0.25) is 5.91 Å². The lowest BCUT2D eigenvalue weighted by Gasteiger charge is -2.41. The zero-order chi connectivity index (χ0) is 25.1. The number of imide groups is 1. The zero-order valence-corrected chi connectivity index (χ0v) is 20.5. The minimum atomic E-state index is -1.19.